The maximum absolute atomic E-state index is 12.5. The summed E-state index contributed by atoms with van der Waals surface area (Å²) in [6.45, 7) is 2.70. The Morgan fingerprint density at radius 3 is 3.29 bits per heavy atom. The van der Waals surface area contributed by atoms with Gasteiger partial charge >= 0.3 is 0 Å². The lowest BCUT2D eigenvalue weighted by Crippen LogP contribution is -2.40. The van der Waals surface area contributed by atoms with Gasteiger partial charge in [-0.2, -0.15) is 0 Å². The zero-order valence-electron chi connectivity index (χ0n) is 13.5. The Labute approximate surface area is 145 Å². The van der Waals surface area contributed by atoms with Crippen molar-refractivity contribution in [3.8, 4) is 5.75 Å². The molecule has 6 heteroatoms. The molecule has 1 amide bonds. The minimum absolute atomic E-state index is 0.0355. The molecule has 2 aliphatic rings. The number of thiazole rings is 1. The third-order valence-electron chi connectivity index (χ3n) is 4.77. The minimum atomic E-state index is -0.0355. The molecular weight excluding hydrogens is 322 g/mol. The van der Waals surface area contributed by atoms with E-state index in [0.717, 1.165) is 51.1 Å². The van der Waals surface area contributed by atoms with Crippen LogP contribution in [0.3, 0.4) is 0 Å². The fourth-order valence-electron chi connectivity index (χ4n) is 3.53. The second-order valence-corrected chi connectivity index (χ2v) is 7.21. The number of amides is 1. The maximum Gasteiger partial charge on any atom is 0.243 e. The van der Waals surface area contributed by atoms with Gasteiger partial charge in [0.25, 0.3) is 0 Å². The molecule has 1 aromatic carbocycles. The molecule has 126 valence electrons. The summed E-state index contributed by atoms with van der Waals surface area (Å²) in [4.78, 5) is 18.9. The molecule has 0 bridgehead atoms. The number of likely N-dealkylation sites (tertiary alicyclic amines) is 1. The van der Waals surface area contributed by atoms with Gasteiger partial charge in [-0.1, -0.05) is 12.1 Å². The van der Waals surface area contributed by atoms with Crippen molar-refractivity contribution >= 4 is 22.4 Å². The van der Waals surface area contributed by atoms with Gasteiger partial charge in [0.1, 0.15) is 5.75 Å². The van der Waals surface area contributed by atoms with Crippen LogP contribution in [0.15, 0.2) is 29.8 Å². The van der Waals surface area contributed by atoms with E-state index < -0.39 is 0 Å². The highest BCUT2D eigenvalue weighted by Gasteiger charge is 2.30. The van der Waals surface area contributed by atoms with Crippen LogP contribution in [0.1, 0.15) is 24.0 Å². The van der Waals surface area contributed by atoms with Crippen LogP contribution in [0.4, 0.5) is 5.13 Å². The summed E-state index contributed by atoms with van der Waals surface area (Å²) < 4.78 is 5.56. The number of hydrogen-bond acceptors (Lipinski definition) is 5. The summed E-state index contributed by atoms with van der Waals surface area (Å²) >= 11 is 1.46. The lowest BCUT2D eigenvalue weighted by Gasteiger charge is -2.23. The van der Waals surface area contributed by atoms with Gasteiger partial charge in [-0.15, -0.1) is 11.3 Å². The van der Waals surface area contributed by atoms with E-state index in [0.29, 0.717) is 5.13 Å². The van der Waals surface area contributed by atoms with Gasteiger partial charge in [-0.3, -0.25) is 9.69 Å². The van der Waals surface area contributed by atoms with E-state index in [4.69, 9.17) is 4.74 Å². The highest BCUT2D eigenvalue weighted by atomic mass is 32.1. The number of fused-ring (bicyclic) bond motifs is 1. The van der Waals surface area contributed by atoms with Crippen LogP contribution in [-0.4, -0.2) is 41.5 Å². The van der Waals surface area contributed by atoms with Gasteiger partial charge in [0.05, 0.1) is 12.6 Å². The first-order valence-corrected chi connectivity index (χ1v) is 9.36. The number of ether oxygens (including phenoxy) is 1. The van der Waals surface area contributed by atoms with Gasteiger partial charge in [-0.05, 0) is 43.0 Å². The Hall–Kier alpha value is -1.92. The van der Waals surface area contributed by atoms with E-state index in [9.17, 15) is 4.79 Å². The quantitative estimate of drug-likeness (QED) is 0.907. The predicted octanol–water partition coefficient (Wildman–Crippen LogP) is 2.72. The van der Waals surface area contributed by atoms with E-state index in [1.165, 1.54) is 22.5 Å². The van der Waals surface area contributed by atoms with Crippen LogP contribution in [0.5, 0.6) is 5.75 Å². The molecule has 2 aliphatic heterocycles. The first kappa shape index (κ1) is 15.6. The minimum Gasteiger partial charge on any atom is -0.493 e. The standard InChI is InChI=1S/C18H21N3O2S/c22-17(20-18-19-7-11-24-18)15-2-1-8-21(15)9-5-13-3-4-16-14(12-13)6-10-23-16/h3-4,7,11-12,15H,1-2,5-6,8-10H2,(H,19,20,22)/t15-/m1/s1. The molecule has 0 aliphatic carbocycles. The molecule has 24 heavy (non-hydrogen) atoms. The van der Waals surface area contributed by atoms with E-state index in [1.54, 1.807) is 6.20 Å². The third-order valence-corrected chi connectivity index (χ3v) is 5.46. The maximum atomic E-state index is 12.5. The fraction of sp³-hybridized carbons (Fsp3) is 0.444. The lowest BCUT2D eigenvalue weighted by atomic mass is 10.1. The van der Waals surface area contributed by atoms with E-state index >= 15 is 0 Å². The molecule has 5 nitrogen and oxygen atoms in total. The number of benzene rings is 1. The largest absolute Gasteiger partial charge is 0.493 e. The molecule has 0 unspecified atom stereocenters. The van der Waals surface area contributed by atoms with Crippen molar-refractivity contribution in [3.05, 3.63) is 40.9 Å². The Bertz CT molecular complexity index is 717. The monoisotopic (exact) mass is 343 g/mol. The van der Waals surface area contributed by atoms with E-state index in [1.807, 2.05) is 5.38 Å². The second-order valence-electron chi connectivity index (χ2n) is 6.31. The van der Waals surface area contributed by atoms with Crippen LogP contribution in [0.2, 0.25) is 0 Å². The number of nitrogens with zero attached hydrogens (tertiary/aromatic N) is 2. The number of nitrogens with one attached hydrogen (secondary N) is 1. The van der Waals surface area contributed by atoms with E-state index in [-0.39, 0.29) is 11.9 Å². The first-order chi connectivity index (χ1) is 11.8. The van der Waals surface area contributed by atoms with Gasteiger partial charge < -0.3 is 10.1 Å². The average molecular weight is 343 g/mol. The van der Waals surface area contributed by atoms with Crippen molar-refractivity contribution < 1.29 is 9.53 Å². The number of carbonyl (C=O) groups is 1. The van der Waals surface area contributed by atoms with E-state index in [2.05, 4.69) is 33.4 Å². The lowest BCUT2D eigenvalue weighted by molar-refractivity contribution is -0.120. The molecule has 0 saturated carbocycles. The normalized spacial score (nSPS) is 19.9. The molecule has 1 saturated heterocycles. The molecule has 1 fully saturated rings. The molecule has 1 N–H and O–H groups in total. The van der Waals surface area contributed by atoms with Gasteiger partial charge in [0.15, 0.2) is 5.13 Å². The summed E-state index contributed by atoms with van der Waals surface area (Å²) in [5.74, 6) is 1.10. The predicted molar refractivity (Wildman–Crippen MR) is 94.7 cm³/mol. The molecule has 1 atom stereocenters. The number of rotatable bonds is 5. The Kier molecular flexibility index (Phi) is 4.49. The molecule has 0 radical (unpaired) electrons. The second kappa shape index (κ2) is 6.91. The van der Waals surface area contributed by atoms with Gasteiger partial charge in [0.2, 0.25) is 5.91 Å². The third kappa shape index (κ3) is 3.30. The van der Waals surface area contributed by atoms with Gasteiger partial charge in [-0.25, -0.2) is 4.98 Å². The highest BCUT2D eigenvalue weighted by Crippen LogP contribution is 2.26. The summed E-state index contributed by atoms with van der Waals surface area (Å²) in [5, 5.41) is 5.50. The van der Waals surface area contributed by atoms with Gasteiger partial charge in [0, 0.05) is 24.5 Å². The van der Waals surface area contributed by atoms with Crippen molar-refractivity contribution in [2.45, 2.75) is 31.7 Å². The van der Waals surface area contributed by atoms with Crippen molar-refractivity contribution in [2.24, 2.45) is 0 Å². The SMILES string of the molecule is O=C(Nc1nccs1)[C@H]1CCCN1CCc1ccc2c(c1)CCO2. The van der Waals surface area contributed by atoms with Crippen LogP contribution in [-0.2, 0) is 17.6 Å². The smallest absolute Gasteiger partial charge is 0.243 e. The molecule has 2 aromatic rings. The number of carbonyl (C=O) groups excluding carboxylic acids is 1. The van der Waals surface area contributed by atoms with Crippen molar-refractivity contribution in [1.29, 1.82) is 0 Å². The molecule has 0 spiro atoms. The van der Waals surface area contributed by atoms with Crippen molar-refractivity contribution in [1.82, 2.24) is 9.88 Å². The molecular formula is C18H21N3O2S. The average Bonchev–Trinajstić information content (AvgIpc) is 3.33. The van der Waals surface area contributed by atoms with Crippen LogP contribution < -0.4 is 10.1 Å². The number of aromatic nitrogens is 1. The van der Waals surface area contributed by atoms with Crippen LogP contribution in [0.25, 0.3) is 0 Å². The summed E-state index contributed by atoms with van der Waals surface area (Å²) in [5.41, 5.74) is 2.64. The number of anilines is 1. The van der Waals surface area contributed by atoms with Crippen LogP contribution in [0, 0.1) is 0 Å². The Morgan fingerprint density at radius 1 is 1.46 bits per heavy atom. The van der Waals surface area contributed by atoms with Crippen LogP contribution >= 0.6 is 11.3 Å². The van der Waals surface area contributed by atoms with Crippen molar-refractivity contribution in [3.63, 3.8) is 0 Å². The Balaban J connectivity index is 1.36. The zero-order chi connectivity index (χ0) is 16.4. The van der Waals surface area contributed by atoms with Crippen molar-refractivity contribution in [2.75, 3.05) is 25.0 Å². The first-order valence-electron chi connectivity index (χ1n) is 8.48. The summed E-state index contributed by atoms with van der Waals surface area (Å²) in [6, 6.07) is 6.44. The molecule has 4 rings (SSSR count). The fourth-order valence-corrected chi connectivity index (χ4v) is 4.06. The molecule has 3 heterocycles. The summed E-state index contributed by atoms with van der Waals surface area (Å²) in [7, 11) is 0. The Morgan fingerprint density at radius 2 is 2.42 bits per heavy atom. The summed E-state index contributed by atoms with van der Waals surface area (Å²) in [6.07, 6.45) is 5.69. The zero-order valence-corrected chi connectivity index (χ0v) is 14.3. The molecule has 1 aromatic heterocycles. The highest BCUT2D eigenvalue weighted by molar-refractivity contribution is 7.13. The number of hydrogen-bond donors (Lipinski definition) is 1. The topological polar surface area (TPSA) is 54.5 Å².